The summed E-state index contributed by atoms with van der Waals surface area (Å²) < 4.78 is 27.7. The topological polar surface area (TPSA) is 116 Å². The van der Waals surface area contributed by atoms with E-state index in [1.54, 1.807) is 24.6 Å². The number of ether oxygens (including phenoxy) is 2. The molecule has 0 unspecified atom stereocenters. The zero-order valence-corrected chi connectivity index (χ0v) is 21.7. The number of carbonyl (C=O) groups excluding carboxylic acids is 1. The number of fused-ring (bicyclic) bond motifs is 2. The van der Waals surface area contributed by atoms with Crippen LogP contribution in [0.2, 0.25) is 0 Å². The Bertz CT molecular complexity index is 1830. The second kappa shape index (κ2) is 10.1. The number of pyridine rings is 1. The Labute approximate surface area is 222 Å². The fourth-order valence-corrected chi connectivity index (χ4v) is 4.44. The number of aryl methyl sites for hydroxylation is 2. The van der Waals surface area contributed by atoms with Gasteiger partial charge >= 0.3 is 0 Å². The minimum Gasteiger partial charge on any atom is -0.504 e. The largest absolute Gasteiger partial charge is 0.504 e. The number of nitrogens with zero attached hydrogens (tertiary/aromatic N) is 3. The van der Waals surface area contributed by atoms with E-state index >= 15 is 4.39 Å². The van der Waals surface area contributed by atoms with Crippen molar-refractivity contribution >= 4 is 33.4 Å². The lowest BCUT2D eigenvalue weighted by atomic mass is 10.0. The molecule has 5 rings (SSSR count). The van der Waals surface area contributed by atoms with E-state index in [9.17, 15) is 14.7 Å². The fourth-order valence-electron chi connectivity index (χ4n) is 4.44. The molecular weight excluding hydrogens is 503 g/mol. The van der Waals surface area contributed by atoms with Crippen molar-refractivity contribution in [3.05, 3.63) is 87.7 Å². The molecule has 0 radical (unpaired) electrons. The number of carbonyl (C=O) groups is 1. The first kappa shape index (κ1) is 25.7. The maximum absolute atomic E-state index is 15.1. The quantitative estimate of drug-likeness (QED) is 0.309. The van der Waals surface area contributed by atoms with E-state index in [0.717, 1.165) is 23.6 Å². The molecule has 10 heteroatoms. The molecule has 3 aromatic carbocycles. The van der Waals surface area contributed by atoms with Gasteiger partial charge in [-0.2, -0.15) is 0 Å². The number of hydrogen-bond acceptors (Lipinski definition) is 7. The third kappa shape index (κ3) is 4.61. The van der Waals surface area contributed by atoms with Crippen LogP contribution in [-0.2, 0) is 13.5 Å². The average molecular weight is 529 g/mol. The van der Waals surface area contributed by atoms with Crippen LogP contribution < -0.4 is 20.2 Å². The number of hydrogen-bond donors (Lipinski definition) is 2. The van der Waals surface area contributed by atoms with Gasteiger partial charge in [-0.05, 0) is 49.2 Å². The summed E-state index contributed by atoms with van der Waals surface area (Å²) in [6, 6.07) is 12.4. The zero-order chi connectivity index (χ0) is 27.8. The molecule has 2 heterocycles. The van der Waals surface area contributed by atoms with Crippen molar-refractivity contribution in [3.8, 4) is 23.1 Å². The van der Waals surface area contributed by atoms with E-state index in [1.807, 2.05) is 19.1 Å². The standard InChI is InChI=1S/C29H25FN4O5/c1-5-16-6-8-22-19(10-16)27(36)26(15(2)34(22)3)28(37)33-17-7-9-24(20(30)11-17)39-29-18-12-25(38-4)23(35)13-21(18)31-14-32-29/h6-14,35H,5H2,1-4H3,(H,33,37). The lowest BCUT2D eigenvalue weighted by Gasteiger charge is -2.15. The fraction of sp³-hybridized carbons (Fsp3) is 0.172. The summed E-state index contributed by atoms with van der Waals surface area (Å²) >= 11 is 0. The predicted octanol–water partition coefficient (Wildman–Crippen LogP) is 5.25. The van der Waals surface area contributed by atoms with Gasteiger partial charge in [0.2, 0.25) is 11.3 Å². The van der Waals surface area contributed by atoms with Gasteiger partial charge in [0.15, 0.2) is 23.1 Å². The molecule has 0 atom stereocenters. The minimum atomic E-state index is -0.763. The number of aromatic hydroxyl groups is 1. The first-order chi connectivity index (χ1) is 18.7. The summed E-state index contributed by atoms with van der Waals surface area (Å²) in [5.74, 6) is -1.43. The van der Waals surface area contributed by atoms with Gasteiger partial charge in [-0.1, -0.05) is 13.0 Å². The lowest BCUT2D eigenvalue weighted by Crippen LogP contribution is -2.26. The maximum atomic E-state index is 15.1. The number of phenolic OH excluding ortho intramolecular Hbond substituents is 1. The van der Waals surface area contributed by atoms with Gasteiger partial charge in [0.05, 0.1) is 23.5 Å². The number of amides is 1. The molecule has 0 saturated carbocycles. The van der Waals surface area contributed by atoms with Crippen LogP contribution >= 0.6 is 0 Å². The molecule has 0 aliphatic rings. The highest BCUT2D eigenvalue weighted by Gasteiger charge is 2.20. The highest BCUT2D eigenvalue weighted by molar-refractivity contribution is 6.06. The number of aromatic nitrogens is 3. The van der Waals surface area contributed by atoms with Crippen LogP contribution in [0.4, 0.5) is 10.1 Å². The van der Waals surface area contributed by atoms with Crippen molar-refractivity contribution in [2.75, 3.05) is 12.4 Å². The van der Waals surface area contributed by atoms with Crippen molar-refractivity contribution in [3.63, 3.8) is 0 Å². The Morgan fingerprint density at radius 1 is 1.08 bits per heavy atom. The number of benzene rings is 3. The smallest absolute Gasteiger partial charge is 0.261 e. The normalized spacial score (nSPS) is 11.1. The van der Waals surface area contributed by atoms with Crippen molar-refractivity contribution in [2.45, 2.75) is 20.3 Å². The number of nitrogens with one attached hydrogen (secondary N) is 1. The predicted molar refractivity (Wildman–Crippen MR) is 145 cm³/mol. The molecule has 0 spiro atoms. The van der Waals surface area contributed by atoms with Crippen LogP contribution in [0.15, 0.2) is 59.7 Å². The van der Waals surface area contributed by atoms with E-state index < -0.39 is 11.7 Å². The molecule has 2 aromatic heterocycles. The minimum absolute atomic E-state index is 0.0105. The Balaban J connectivity index is 1.45. The highest BCUT2D eigenvalue weighted by Crippen LogP contribution is 2.36. The summed E-state index contributed by atoms with van der Waals surface area (Å²) in [6.07, 6.45) is 1.98. The molecule has 0 aliphatic heterocycles. The number of rotatable bonds is 6. The van der Waals surface area contributed by atoms with Crippen LogP contribution in [0.1, 0.15) is 28.5 Å². The van der Waals surface area contributed by atoms with Crippen LogP contribution in [0.25, 0.3) is 21.8 Å². The Morgan fingerprint density at radius 2 is 1.87 bits per heavy atom. The first-order valence-corrected chi connectivity index (χ1v) is 12.1. The molecule has 0 saturated heterocycles. The molecule has 0 aliphatic carbocycles. The van der Waals surface area contributed by atoms with E-state index in [2.05, 4.69) is 15.3 Å². The zero-order valence-electron chi connectivity index (χ0n) is 21.7. The number of halogens is 1. The molecule has 0 fully saturated rings. The van der Waals surface area contributed by atoms with Crippen molar-refractivity contribution < 1.29 is 23.8 Å². The monoisotopic (exact) mass is 528 g/mol. The second-order valence-corrected chi connectivity index (χ2v) is 8.98. The molecule has 2 N–H and O–H groups in total. The highest BCUT2D eigenvalue weighted by atomic mass is 19.1. The summed E-state index contributed by atoms with van der Waals surface area (Å²) in [7, 11) is 3.19. The third-order valence-electron chi connectivity index (χ3n) is 6.69. The second-order valence-electron chi connectivity index (χ2n) is 8.98. The van der Waals surface area contributed by atoms with Crippen molar-refractivity contribution in [1.29, 1.82) is 0 Å². The Kier molecular flexibility index (Phi) is 6.61. The maximum Gasteiger partial charge on any atom is 0.261 e. The summed E-state index contributed by atoms with van der Waals surface area (Å²) in [5.41, 5.74) is 2.33. The molecule has 0 bridgehead atoms. The Hall–Kier alpha value is -4.99. The Morgan fingerprint density at radius 3 is 2.59 bits per heavy atom. The van der Waals surface area contributed by atoms with Crippen molar-refractivity contribution in [2.24, 2.45) is 7.05 Å². The van der Waals surface area contributed by atoms with Gasteiger partial charge in [0, 0.05) is 35.9 Å². The molecule has 1 amide bonds. The van der Waals surface area contributed by atoms with Gasteiger partial charge in [-0.25, -0.2) is 14.4 Å². The van der Waals surface area contributed by atoms with Gasteiger partial charge in [0.1, 0.15) is 11.9 Å². The van der Waals surface area contributed by atoms with E-state index in [4.69, 9.17) is 9.47 Å². The number of methoxy groups -OCH3 is 1. The van der Waals surface area contributed by atoms with Crippen LogP contribution in [0, 0.1) is 12.7 Å². The molecule has 198 valence electrons. The van der Waals surface area contributed by atoms with E-state index in [1.165, 1.54) is 37.7 Å². The average Bonchev–Trinajstić information content (AvgIpc) is 2.92. The van der Waals surface area contributed by atoms with Gasteiger partial charge in [0.25, 0.3) is 5.91 Å². The van der Waals surface area contributed by atoms with Crippen molar-refractivity contribution in [1.82, 2.24) is 14.5 Å². The van der Waals surface area contributed by atoms with Gasteiger partial charge < -0.3 is 24.5 Å². The summed E-state index contributed by atoms with van der Waals surface area (Å²) in [5, 5.41) is 13.5. The number of phenols is 1. The van der Waals surface area contributed by atoms with Crippen LogP contribution in [0.3, 0.4) is 0 Å². The SMILES string of the molecule is CCc1ccc2c(c1)c(=O)c(C(=O)Nc1ccc(Oc3ncnc4cc(O)c(OC)cc34)c(F)c1)c(C)n2C. The molecule has 39 heavy (non-hydrogen) atoms. The van der Waals surface area contributed by atoms with Gasteiger partial charge in [-0.3, -0.25) is 9.59 Å². The first-order valence-electron chi connectivity index (χ1n) is 12.1. The molecule has 5 aromatic rings. The van der Waals surface area contributed by atoms with Crippen LogP contribution in [-0.4, -0.2) is 32.7 Å². The third-order valence-corrected chi connectivity index (χ3v) is 6.69. The molecular formula is C29H25FN4O5. The van der Waals surface area contributed by atoms with Gasteiger partial charge in [-0.15, -0.1) is 0 Å². The summed E-state index contributed by atoms with van der Waals surface area (Å²) in [4.78, 5) is 34.7. The summed E-state index contributed by atoms with van der Waals surface area (Å²) in [6.45, 7) is 3.69. The molecule has 9 nitrogen and oxygen atoms in total. The number of anilines is 1. The van der Waals surface area contributed by atoms with E-state index in [-0.39, 0.29) is 39.8 Å². The lowest BCUT2D eigenvalue weighted by molar-refractivity contribution is 0.102. The van der Waals surface area contributed by atoms with E-state index in [0.29, 0.717) is 22.0 Å². The van der Waals surface area contributed by atoms with Crippen LogP contribution in [0.5, 0.6) is 23.1 Å².